The number of amides is 1. The Morgan fingerprint density at radius 1 is 1.62 bits per heavy atom. The normalized spacial score (nSPS) is 32.5. The van der Waals surface area contributed by atoms with Crippen LogP contribution in [-0.2, 0) is 4.79 Å². The molecular formula is C11H19NO. The van der Waals surface area contributed by atoms with Gasteiger partial charge in [-0.25, -0.2) is 0 Å². The van der Waals surface area contributed by atoms with Gasteiger partial charge in [0.15, 0.2) is 0 Å². The van der Waals surface area contributed by atoms with Crippen molar-refractivity contribution in [2.24, 2.45) is 11.8 Å². The summed E-state index contributed by atoms with van der Waals surface area (Å²) in [5.74, 6) is 1.45. The predicted molar refractivity (Wildman–Crippen MR) is 54.3 cm³/mol. The Kier molecular flexibility index (Phi) is 2.79. The molecule has 1 rings (SSSR count). The van der Waals surface area contributed by atoms with Crippen molar-refractivity contribution in [3.8, 4) is 0 Å². The van der Waals surface area contributed by atoms with Crippen LogP contribution in [0.3, 0.4) is 0 Å². The monoisotopic (exact) mass is 181 g/mol. The molecule has 2 nitrogen and oxygen atoms in total. The lowest BCUT2D eigenvalue weighted by Gasteiger charge is -2.47. The summed E-state index contributed by atoms with van der Waals surface area (Å²) >= 11 is 0. The van der Waals surface area contributed by atoms with E-state index in [0.717, 1.165) is 24.7 Å². The van der Waals surface area contributed by atoms with Gasteiger partial charge < -0.3 is 5.32 Å². The summed E-state index contributed by atoms with van der Waals surface area (Å²) in [7, 11) is 0. The highest BCUT2D eigenvalue weighted by molar-refractivity contribution is 5.87. The second-order valence-corrected chi connectivity index (χ2v) is 4.67. The molecule has 0 aromatic heterocycles. The highest BCUT2D eigenvalue weighted by atomic mass is 16.1. The maximum atomic E-state index is 11.1. The second kappa shape index (κ2) is 3.52. The average molecular weight is 181 g/mol. The Bertz CT molecular complexity index is 214. The minimum atomic E-state index is -0.0512. The minimum absolute atomic E-state index is 0.0280. The van der Waals surface area contributed by atoms with Crippen LogP contribution >= 0.6 is 0 Å². The summed E-state index contributed by atoms with van der Waals surface area (Å²) in [6, 6.07) is 0. The van der Waals surface area contributed by atoms with Crippen LogP contribution in [-0.4, -0.2) is 11.4 Å². The van der Waals surface area contributed by atoms with Gasteiger partial charge in [0, 0.05) is 5.54 Å². The summed E-state index contributed by atoms with van der Waals surface area (Å²) in [5, 5.41) is 2.97. The first kappa shape index (κ1) is 10.3. The van der Waals surface area contributed by atoms with Gasteiger partial charge in [0.05, 0.1) is 0 Å². The fourth-order valence-electron chi connectivity index (χ4n) is 2.02. The van der Waals surface area contributed by atoms with E-state index in [4.69, 9.17) is 0 Å². The van der Waals surface area contributed by atoms with Crippen LogP contribution in [0.1, 0.15) is 33.6 Å². The van der Waals surface area contributed by atoms with Gasteiger partial charge in [-0.3, -0.25) is 4.79 Å². The molecule has 1 fully saturated rings. The van der Waals surface area contributed by atoms with Gasteiger partial charge in [0.1, 0.15) is 0 Å². The van der Waals surface area contributed by atoms with Crippen LogP contribution in [0.15, 0.2) is 12.7 Å². The van der Waals surface area contributed by atoms with E-state index >= 15 is 0 Å². The minimum Gasteiger partial charge on any atom is -0.347 e. The molecule has 0 radical (unpaired) electrons. The van der Waals surface area contributed by atoms with Gasteiger partial charge in [0.25, 0.3) is 0 Å². The van der Waals surface area contributed by atoms with Crippen molar-refractivity contribution < 1.29 is 4.79 Å². The smallest absolute Gasteiger partial charge is 0.243 e. The van der Waals surface area contributed by atoms with E-state index in [1.54, 1.807) is 0 Å². The molecule has 2 heteroatoms. The van der Waals surface area contributed by atoms with Gasteiger partial charge in [0.2, 0.25) is 5.91 Å². The third-order valence-electron chi connectivity index (χ3n) is 2.98. The number of nitrogens with one attached hydrogen (secondary N) is 1. The van der Waals surface area contributed by atoms with E-state index < -0.39 is 0 Å². The van der Waals surface area contributed by atoms with Crippen molar-refractivity contribution in [2.75, 3.05) is 0 Å². The Morgan fingerprint density at radius 2 is 2.15 bits per heavy atom. The molecule has 13 heavy (non-hydrogen) atoms. The Morgan fingerprint density at radius 3 is 2.54 bits per heavy atom. The molecule has 1 N–H and O–H groups in total. The van der Waals surface area contributed by atoms with E-state index in [9.17, 15) is 4.79 Å². The molecule has 0 heterocycles. The van der Waals surface area contributed by atoms with Gasteiger partial charge in [-0.05, 0) is 37.7 Å². The molecule has 1 amide bonds. The quantitative estimate of drug-likeness (QED) is 0.664. The van der Waals surface area contributed by atoms with Gasteiger partial charge in [-0.1, -0.05) is 20.4 Å². The first-order valence-corrected chi connectivity index (χ1v) is 4.91. The lowest BCUT2D eigenvalue weighted by molar-refractivity contribution is -0.120. The average Bonchev–Trinajstić information content (AvgIpc) is 1.99. The van der Waals surface area contributed by atoms with Crippen LogP contribution in [0.25, 0.3) is 0 Å². The molecule has 0 aromatic carbocycles. The number of hydrogen-bond donors (Lipinski definition) is 1. The SMILES string of the molecule is C=CC(=O)NC1(C)CC(C(C)C)C1. The van der Waals surface area contributed by atoms with E-state index in [-0.39, 0.29) is 11.4 Å². The Hall–Kier alpha value is -0.790. The number of hydrogen-bond acceptors (Lipinski definition) is 1. The predicted octanol–water partition coefficient (Wildman–Crippen LogP) is 2.11. The molecule has 0 spiro atoms. The van der Waals surface area contributed by atoms with Crippen molar-refractivity contribution >= 4 is 5.91 Å². The summed E-state index contributed by atoms with van der Waals surface area (Å²) < 4.78 is 0. The molecule has 0 atom stereocenters. The zero-order valence-electron chi connectivity index (χ0n) is 8.76. The molecule has 0 bridgehead atoms. The molecule has 1 aliphatic carbocycles. The Labute approximate surface area is 80.4 Å². The van der Waals surface area contributed by atoms with Crippen LogP contribution in [0, 0.1) is 11.8 Å². The molecule has 0 aromatic rings. The molecule has 0 aliphatic heterocycles. The highest BCUT2D eigenvalue weighted by Gasteiger charge is 2.41. The van der Waals surface area contributed by atoms with Gasteiger partial charge in [-0.15, -0.1) is 0 Å². The van der Waals surface area contributed by atoms with Crippen molar-refractivity contribution in [3.05, 3.63) is 12.7 Å². The first-order chi connectivity index (χ1) is 5.97. The van der Waals surface area contributed by atoms with Crippen LogP contribution < -0.4 is 5.32 Å². The zero-order chi connectivity index (χ0) is 10.1. The molecule has 1 aliphatic rings. The highest BCUT2D eigenvalue weighted by Crippen LogP contribution is 2.41. The number of rotatable bonds is 3. The maximum Gasteiger partial charge on any atom is 0.243 e. The van der Waals surface area contributed by atoms with Crippen molar-refractivity contribution in [1.29, 1.82) is 0 Å². The maximum absolute atomic E-state index is 11.1. The van der Waals surface area contributed by atoms with Crippen LogP contribution in [0.4, 0.5) is 0 Å². The summed E-state index contributed by atoms with van der Waals surface area (Å²) in [5.41, 5.74) is 0.0280. The number of carbonyl (C=O) groups is 1. The van der Waals surface area contributed by atoms with Crippen molar-refractivity contribution in [2.45, 2.75) is 39.2 Å². The molecular weight excluding hydrogens is 162 g/mol. The third kappa shape index (κ3) is 2.33. The summed E-state index contributed by atoms with van der Waals surface area (Å²) in [6.45, 7) is 10.0. The third-order valence-corrected chi connectivity index (χ3v) is 2.98. The fourth-order valence-corrected chi connectivity index (χ4v) is 2.02. The zero-order valence-corrected chi connectivity index (χ0v) is 8.76. The molecule has 0 saturated heterocycles. The second-order valence-electron chi connectivity index (χ2n) is 4.67. The standard InChI is InChI=1S/C11H19NO/c1-5-10(13)12-11(4)6-9(7-11)8(2)3/h5,8-9H,1,6-7H2,2-4H3,(H,12,13). The topological polar surface area (TPSA) is 29.1 Å². The van der Waals surface area contributed by atoms with Crippen LogP contribution in [0.5, 0.6) is 0 Å². The molecule has 74 valence electrons. The molecule has 1 saturated carbocycles. The summed E-state index contributed by atoms with van der Waals surface area (Å²) in [6.07, 6.45) is 3.54. The lowest BCUT2D eigenvalue weighted by Crippen LogP contribution is -2.55. The molecule has 0 unspecified atom stereocenters. The van der Waals surface area contributed by atoms with Gasteiger partial charge >= 0.3 is 0 Å². The van der Waals surface area contributed by atoms with E-state index in [1.807, 2.05) is 0 Å². The van der Waals surface area contributed by atoms with Crippen molar-refractivity contribution in [1.82, 2.24) is 5.32 Å². The number of carbonyl (C=O) groups excluding carboxylic acids is 1. The fraction of sp³-hybridized carbons (Fsp3) is 0.727. The summed E-state index contributed by atoms with van der Waals surface area (Å²) in [4.78, 5) is 11.1. The first-order valence-electron chi connectivity index (χ1n) is 4.91. The van der Waals surface area contributed by atoms with Crippen LogP contribution in [0.2, 0.25) is 0 Å². The Balaban J connectivity index is 2.38. The largest absolute Gasteiger partial charge is 0.347 e. The van der Waals surface area contributed by atoms with E-state index in [0.29, 0.717) is 0 Å². The van der Waals surface area contributed by atoms with E-state index in [2.05, 4.69) is 32.7 Å². The van der Waals surface area contributed by atoms with Gasteiger partial charge in [-0.2, -0.15) is 0 Å². The lowest BCUT2D eigenvalue weighted by atomic mass is 9.65. The van der Waals surface area contributed by atoms with Crippen molar-refractivity contribution in [3.63, 3.8) is 0 Å². The van der Waals surface area contributed by atoms with E-state index in [1.165, 1.54) is 6.08 Å².